The standard InChI is InChI=1S/C21H34F3N5O/c1-4-25-20(26-13-17(2)29-11-9-28(3)10-12-29)27-14-18-5-7-19(8-6-18)15-30-16-21(22,23)24/h5-8,17H,4,9-16H2,1-3H3,(H2,25,26,27). The summed E-state index contributed by atoms with van der Waals surface area (Å²) in [6.07, 6.45) is -4.30. The summed E-state index contributed by atoms with van der Waals surface area (Å²) < 4.78 is 41.1. The summed E-state index contributed by atoms with van der Waals surface area (Å²) in [6.45, 7) is 9.36. The van der Waals surface area contributed by atoms with Crippen molar-refractivity contribution in [2.24, 2.45) is 4.99 Å². The van der Waals surface area contributed by atoms with Gasteiger partial charge < -0.3 is 20.3 Å². The van der Waals surface area contributed by atoms with Gasteiger partial charge in [0.1, 0.15) is 6.61 Å². The number of benzene rings is 1. The van der Waals surface area contributed by atoms with Gasteiger partial charge >= 0.3 is 6.18 Å². The predicted molar refractivity (Wildman–Crippen MR) is 114 cm³/mol. The Morgan fingerprint density at radius 1 is 1.10 bits per heavy atom. The summed E-state index contributed by atoms with van der Waals surface area (Å²) in [6, 6.07) is 7.70. The highest BCUT2D eigenvalue weighted by Crippen LogP contribution is 2.16. The fourth-order valence-electron chi connectivity index (χ4n) is 3.17. The first-order valence-corrected chi connectivity index (χ1v) is 10.4. The van der Waals surface area contributed by atoms with E-state index < -0.39 is 12.8 Å². The molecule has 1 unspecified atom stereocenters. The molecule has 0 aliphatic carbocycles. The molecule has 1 heterocycles. The molecule has 1 aromatic carbocycles. The molecule has 6 nitrogen and oxygen atoms in total. The minimum absolute atomic E-state index is 0.0581. The molecule has 1 aliphatic heterocycles. The van der Waals surface area contributed by atoms with Crippen LogP contribution in [-0.2, 0) is 17.9 Å². The van der Waals surface area contributed by atoms with Crippen LogP contribution in [0.5, 0.6) is 0 Å². The van der Waals surface area contributed by atoms with Crippen LogP contribution in [0.1, 0.15) is 25.0 Å². The fraction of sp³-hybridized carbons (Fsp3) is 0.667. The van der Waals surface area contributed by atoms with Crippen molar-refractivity contribution in [3.63, 3.8) is 0 Å². The lowest BCUT2D eigenvalue weighted by molar-refractivity contribution is -0.176. The van der Waals surface area contributed by atoms with Gasteiger partial charge in [0.2, 0.25) is 0 Å². The number of guanidine groups is 1. The van der Waals surface area contributed by atoms with Crippen molar-refractivity contribution >= 4 is 5.96 Å². The van der Waals surface area contributed by atoms with Crippen molar-refractivity contribution in [3.05, 3.63) is 35.4 Å². The van der Waals surface area contributed by atoms with Crippen LogP contribution in [0.15, 0.2) is 29.3 Å². The van der Waals surface area contributed by atoms with Crippen LogP contribution in [0.2, 0.25) is 0 Å². The van der Waals surface area contributed by atoms with E-state index in [9.17, 15) is 13.2 Å². The quantitative estimate of drug-likeness (QED) is 0.467. The Bertz CT molecular complexity index is 643. The van der Waals surface area contributed by atoms with E-state index in [-0.39, 0.29) is 6.61 Å². The van der Waals surface area contributed by atoms with Crippen LogP contribution >= 0.6 is 0 Å². The van der Waals surface area contributed by atoms with Crippen molar-refractivity contribution in [1.82, 2.24) is 20.4 Å². The molecule has 2 N–H and O–H groups in total. The number of rotatable bonds is 9. The van der Waals surface area contributed by atoms with E-state index in [4.69, 9.17) is 0 Å². The van der Waals surface area contributed by atoms with Gasteiger partial charge in [0, 0.05) is 45.3 Å². The molecule has 1 fully saturated rings. The number of hydrogen-bond donors (Lipinski definition) is 2. The van der Waals surface area contributed by atoms with Crippen molar-refractivity contribution in [3.8, 4) is 0 Å². The first-order valence-electron chi connectivity index (χ1n) is 10.4. The number of hydrogen-bond acceptors (Lipinski definition) is 4. The molecule has 1 aromatic rings. The number of likely N-dealkylation sites (N-methyl/N-ethyl adjacent to an activating group) is 1. The fourth-order valence-corrected chi connectivity index (χ4v) is 3.17. The van der Waals surface area contributed by atoms with Crippen molar-refractivity contribution < 1.29 is 17.9 Å². The Kier molecular flexibility index (Phi) is 9.87. The van der Waals surface area contributed by atoms with Crippen LogP contribution < -0.4 is 10.6 Å². The second kappa shape index (κ2) is 12.1. The molecule has 0 radical (unpaired) electrons. The van der Waals surface area contributed by atoms with Crippen molar-refractivity contribution in [2.75, 3.05) is 52.9 Å². The predicted octanol–water partition coefficient (Wildman–Crippen LogP) is 2.46. The third kappa shape index (κ3) is 9.32. The van der Waals surface area contributed by atoms with Gasteiger partial charge in [-0.25, -0.2) is 4.99 Å². The molecular weight excluding hydrogens is 395 g/mol. The molecule has 170 valence electrons. The van der Waals surface area contributed by atoms with E-state index in [1.807, 2.05) is 19.1 Å². The van der Waals surface area contributed by atoms with Gasteiger partial charge in [-0.3, -0.25) is 4.90 Å². The molecule has 2 rings (SSSR count). The SMILES string of the molecule is CCNC(=NCc1ccc(COCC(F)(F)F)cc1)NCC(C)N1CCN(C)CC1. The van der Waals surface area contributed by atoms with E-state index in [0.29, 0.717) is 18.2 Å². The van der Waals surface area contributed by atoms with Gasteiger partial charge in [-0.05, 0) is 32.0 Å². The molecule has 0 spiro atoms. The van der Waals surface area contributed by atoms with Crippen LogP contribution in [0.4, 0.5) is 13.2 Å². The lowest BCUT2D eigenvalue weighted by atomic mass is 10.1. The van der Waals surface area contributed by atoms with E-state index in [1.165, 1.54) is 0 Å². The first kappa shape index (κ1) is 24.4. The molecule has 0 saturated carbocycles. The number of piperazine rings is 1. The Labute approximate surface area is 177 Å². The van der Waals surface area contributed by atoms with Crippen LogP contribution in [0, 0.1) is 0 Å². The normalized spacial score (nSPS) is 17.7. The minimum Gasteiger partial charge on any atom is -0.367 e. The van der Waals surface area contributed by atoms with Gasteiger partial charge in [0.05, 0.1) is 13.2 Å². The topological polar surface area (TPSA) is 52.1 Å². The molecular formula is C21H34F3N5O. The highest BCUT2D eigenvalue weighted by molar-refractivity contribution is 5.79. The third-order valence-corrected chi connectivity index (χ3v) is 5.05. The van der Waals surface area contributed by atoms with E-state index in [1.54, 1.807) is 12.1 Å². The summed E-state index contributed by atoms with van der Waals surface area (Å²) >= 11 is 0. The highest BCUT2D eigenvalue weighted by Gasteiger charge is 2.27. The summed E-state index contributed by atoms with van der Waals surface area (Å²) in [4.78, 5) is 9.45. The maximum absolute atomic E-state index is 12.1. The van der Waals surface area contributed by atoms with E-state index in [0.717, 1.165) is 50.8 Å². The second-order valence-corrected chi connectivity index (χ2v) is 7.69. The summed E-state index contributed by atoms with van der Waals surface area (Å²) in [5, 5.41) is 6.67. The van der Waals surface area contributed by atoms with Gasteiger partial charge in [-0.1, -0.05) is 24.3 Å². The van der Waals surface area contributed by atoms with Gasteiger partial charge in [0.25, 0.3) is 0 Å². The smallest absolute Gasteiger partial charge is 0.367 e. The molecule has 0 amide bonds. The number of ether oxygens (including phenoxy) is 1. The molecule has 1 atom stereocenters. The summed E-state index contributed by atoms with van der Waals surface area (Å²) in [7, 11) is 2.15. The van der Waals surface area contributed by atoms with E-state index >= 15 is 0 Å². The zero-order valence-electron chi connectivity index (χ0n) is 18.1. The summed E-state index contributed by atoms with van der Waals surface area (Å²) in [5.74, 6) is 0.760. The Morgan fingerprint density at radius 3 is 2.33 bits per heavy atom. The first-order chi connectivity index (χ1) is 14.3. The number of aliphatic imine (C=N–C) groups is 1. The lowest BCUT2D eigenvalue weighted by Gasteiger charge is -2.36. The van der Waals surface area contributed by atoms with Crippen LogP contribution in [-0.4, -0.2) is 80.9 Å². The van der Waals surface area contributed by atoms with Gasteiger partial charge in [-0.15, -0.1) is 0 Å². The maximum atomic E-state index is 12.1. The number of nitrogens with one attached hydrogen (secondary N) is 2. The van der Waals surface area contributed by atoms with Gasteiger partial charge in [0.15, 0.2) is 5.96 Å². The Morgan fingerprint density at radius 2 is 1.73 bits per heavy atom. The number of alkyl halides is 3. The molecule has 30 heavy (non-hydrogen) atoms. The summed E-state index contributed by atoms with van der Waals surface area (Å²) in [5.41, 5.74) is 1.69. The molecule has 1 aliphatic rings. The van der Waals surface area contributed by atoms with Crippen molar-refractivity contribution in [2.45, 2.75) is 39.2 Å². The molecule has 9 heteroatoms. The third-order valence-electron chi connectivity index (χ3n) is 5.05. The van der Waals surface area contributed by atoms with E-state index in [2.05, 4.69) is 44.1 Å². The zero-order valence-corrected chi connectivity index (χ0v) is 18.1. The van der Waals surface area contributed by atoms with Crippen molar-refractivity contribution in [1.29, 1.82) is 0 Å². The molecule has 0 aromatic heterocycles. The average molecular weight is 430 g/mol. The average Bonchev–Trinajstić information content (AvgIpc) is 2.70. The van der Waals surface area contributed by atoms with Crippen LogP contribution in [0.3, 0.4) is 0 Å². The number of nitrogens with zero attached hydrogens (tertiary/aromatic N) is 3. The molecule has 1 saturated heterocycles. The van der Waals surface area contributed by atoms with Crippen LogP contribution in [0.25, 0.3) is 0 Å². The minimum atomic E-state index is -4.30. The monoisotopic (exact) mass is 429 g/mol. The second-order valence-electron chi connectivity index (χ2n) is 7.69. The van der Waals surface area contributed by atoms with Gasteiger partial charge in [-0.2, -0.15) is 13.2 Å². The highest BCUT2D eigenvalue weighted by atomic mass is 19.4. The Hall–Kier alpha value is -1.84. The maximum Gasteiger partial charge on any atom is 0.411 e. The lowest BCUT2D eigenvalue weighted by Crippen LogP contribution is -2.52. The number of halogens is 3. The largest absolute Gasteiger partial charge is 0.411 e. The Balaban J connectivity index is 1.80. The zero-order chi connectivity index (χ0) is 22.0. The molecule has 0 bridgehead atoms.